The first kappa shape index (κ1) is 17.1. The van der Waals surface area contributed by atoms with Gasteiger partial charge in [0.1, 0.15) is 5.76 Å². The monoisotopic (exact) mass is 344 g/mol. The summed E-state index contributed by atoms with van der Waals surface area (Å²) in [6.07, 6.45) is 0.889. The van der Waals surface area contributed by atoms with Crippen LogP contribution in [0.4, 0.5) is 0 Å². The maximum absolute atomic E-state index is 5.84. The molecule has 0 saturated carbocycles. The van der Waals surface area contributed by atoms with Crippen molar-refractivity contribution in [2.24, 2.45) is 4.99 Å². The first-order chi connectivity index (χ1) is 12.2. The fourth-order valence-corrected chi connectivity index (χ4v) is 2.57. The topological polar surface area (TPSA) is 80.9 Å². The lowest BCUT2D eigenvalue weighted by Gasteiger charge is -2.15. The van der Waals surface area contributed by atoms with Gasteiger partial charge in [0.2, 0.25) is 5.89 Å². The van der Waals surface area contributed by atoms with Crippen molar-refractivity contribution in [3.05, 3.63) is 41.1 Å². The van der Waals surface area contributed by atoms with Crippen molar-refractivity contribution in [1.29, 1.82) is 0 Å². The Kier molecular flexibility index (Phi) is 5.42. The van der Waals surface area contributed by atoms with Crippen LogP contribution >= 0.6 is 0 Å². The Morgan fingerprint density at radius 1 is 1.16 bits per heavy atom. The van der Waals surface area contributed by atoms with Crippen LogP contribution in [0.1, 0.15) is 29.3 Å². The van der Waals surface area contributed by atoms with Crippen LogP contribution in [0.2, 0.25) is 0 Å². The van der Waals surface area contributed by atoms with E-state index >= 15 is 0 Å². The molecule has 0 radical (unpaired) electrons. The third-order valence-electron chi connectivity index (χ3n) is 4.00. The van der Waals surface area contributed by atoms with Crippen molar-refractivity contribution in [2.75, 3.05) is 20.3 Å². The Balaban J connectivity index is 1.60. The van der Waals surface area contributed by atoms with Gasteiger partial charge in [-0.05, 0) is 19.9 Å². The van der Waals surface area contributed by atoms with Crippen molar-refractivity contribution < 1.29 is 13.9 Å². The molecule has 0 aliphatic carbocycles. The smallest absolute Gasteiger partial charge is 0.214 e. The number of aromatic nitrogens is 1. The number of fused-ring (bicyclic) bond motifs is 1. The molecule has 2 heterocycles. The molecule has 7 nitrogen and oxygen atoms in total. The van der Waals surface area contributed by atoms with Gasteiger partial charge in [-0.3, -0.25) is 4.99 Å². The molecule has 7 heteroatoms. The van der Waals surface area contributed by atoms with Gasteiger partial charge in [0.15, 0.2) is 17.5 Å². The van der Waals surface area contributed by atoms with Crippen LogP contribution in [0.25, 0.3) is 0 Å². The Morgan fingerprint density at radius 2 is 1.96 bits per heavy atom. The predicted octanol–water partition coefficient (Wildman–Crippen LogP) is 2.32. The van der Waals surface area contributed by atoms with Crippen LogP contribution in [0.3, 0.4) is 0 Å². The van der Waals surface area contributed by atoms with Gasteiger partial charge in [0.05, 0.1) is 25.5 Å². The van der Waals surface area contributed by atoms with E-state index < -0.39 is 0 Å². The summed E-state index contributed by atoms with van der Waals surface area (Å²) in [6, 6.07) is 5.93. The van der Waals surface area contributed by atoms with E-state index in [0.29, 0.717) is 38.2 Å². The number of benzene rings is 1. The number of nitrogens with one attached hydrogen (secondary N) is 2. The van der Waals surface area contributed by atoms with E-state index in [1.54, 1.807) is 7.05 Å². The van der Waals surface area contributed by atoms with Crippen molar-refractivity contribution in [2.45, 2.75) is 33.4 Å². The second-order valence-electron chi connectivity index (χ2n) is 5.82. The summed E-state index contributed by atoms with van der Waals surface area (Å²) < 4.78 is 17.1. The molecule has 25 heavy (non-hydrogen) atoms. The summed E-state index contributed by atoms with van der Waals surface area (Å²) in [7, 11) is 1.73. The molecule has 134 valence electrons. The van der Waals surface area contributed by atoms with Crippen LogP contribution in [-0.4, -0.2) is 31.2 Å². The van der Waals surface area contributed by atoms with Gasteiger partial charge in [-0.25, -0.2) is 4.98 Å². The van der Waals surface area contributed by atoms with Crippen molar-refractivity contribution in [1.82, 2.24) is 15.6 Å². The maximum atomic E-state index is 5.84. The van der Waals surface area contributed by atoms with E-state index in [9.17, 15) is 0 Å². The number of hydrogen-bond acceptors (Lipinski definition) is 5. The van der Waals surface area contributed by atoms with Gasteiger partial charge in [-0.2, -0.15) is 0 Å². The number of para-hydroxylation sites is 1. The van der Waals surface area contributed by atoms with Crippen molar-refractivity contribution in [3.63, 3.8) is 0 Å². The summed E-state index contributed by atoms with van der Waals surface area (Å²) in [5.74, 6) is 3.75. The molecule has 0 bridgehead atoms. The number of guanidine groups is 1. The minimum absolute atomic E-state index is 0.473. The quantitative estimate of drug-likeness (QED) is 0.654. The molecule has 0 amide bonds. The second-order valence-corrected chi connectivity index (χ2v) is 5.82. The van der Waals surface area contributed by atoms with Gasteiger partial charge < -0.3 is 24.5 Å². The molecule has 2 N–H and O–H groups in total. The van der Waals surface area contributed by atoms with Gasteiger partial charge >= 0.3 is 0 Å². The van der Waals surface area contributed by atoms with E-state index in [0.717, 1.165) is 34.9 Å². The third-order valence-corrected chi connectivity index (χ3v) is 4.00. The van der Waals surface area contributed by atoms with Crippen LogP contribution < -0.4 is 20.1 Å². The summed E-state index contributed by atoms with van der Waals surface area (Å²) in [5.41, 5.74) is 1.94. The maximum Gasteiger partial charge on any atom is 0.214 e. The molecule has 1 aliphatic rings. The molecule has 2 aromatic rings. The fourth-order valence-electron chi connectivity index (χ4n) is 2.57. The third kappa shape index (κ3) is 4.23. The van der Waals surface area contributed by atoms with Crippen LogP contribution in [0.15, 0.2) is 27.6 Å². The normalized spacial score (nSPS) is 14.1. The number of nitrogens with zero attached hydrogens (tertiary/aromatic N) is 2. The van der Waals surface area contributed by atoms with Crippen LogP contribution in [0, 0.1) is 13.8 Å². The molecule has 1 aromatic carbocycles. The highest BCUT2D eigenvalue weighted by Crippen LogP contribution is 2.33. The first-order valence-electron chi connectivity index (χ1n) is 8.42. The Morgan fingerprint density at radius 3 is 2.72 bits per heavy atom. The van der Waals surface area contributed by atoms with E-state index in [4.69, 9.17) is 13.9 Å². The Hall–Kier alpha value is -2.70. The average molecular weight is 344 g/mol. The zero-order valence-electron chi connectivity index (χ0n) is 14.9. The lowest BCUT2D eigenvalue weighted by atomic mass is 10.2. The summed E-state index contributed by atoms with van der Waals surface area (Å²) in [4.78, 5) is 8.59. The summed E-state index contributed by atoms with van der Waals surface area (Å²) >= 11 is 0. The number of ether oxygens (including phenoxy) is 2. The molecule has 1 aliphatic heterocycles. The zero-order chi connectivity index (χ0) is 17.6. The molecule has 0 fully saturated rings. The highest BCUT2D eigenvalue weighted by Gasteiger charge is 2.14. The predicted molar refractivity (Wildman–Crippen MR) is 95.1 cm³/mol. The van der Waals surface area contributed by atoms with E-state index in [1.807, 2.05) is 32.0 Å². The highest BCUT2D eigenvalue weighted by molar-refractivity contribution is 5.79. The van der Waals surface area contributed by atoms with E-state index in [1.165, 1.54) is 0 Å². The lowest BCUT2D eigenvalue weighted by Crippen LogP contribution is -2.36. The minimum atomic E-state index is 0.473. The Bertz CT molecular complexity index is 735. The van der Waals surface area contributed by atoms with Crippen molar-refractivity contribution >= 4 is 5.96 Å². The molecule has 3 rings (SSSR count). The Labute approximate surface area is 147 Å². The molecule has 0 spiro atoms. The standard InChI is InChI=1S/C18H24N4O3/c1-12-13(2)25-16(22-12)11-21-18(19-3)20-10-14-6-4-7-15-17(14)24-9-5-8-23-15/h4,6-7H,5,8-11H2,1-3H3,(H2,19,20,21). The fraction of sp³-hybridized carbons (Fsp3) is 0.444. The van der Waals surface area contributed by atoms with Gasteiger partial charge in [-0.15, -0.1) is 0 Å². The SMILES string of the molecule is CN=C(NCc1nc(C)c(C)o1)NCc1cccc2c1OCCCO2. The number of aliphatic imine (C=N–C) groups is 1. The number of aryl methyl sites for hydroxylation is 2. The van der Waals surface area contributed by atoms with E-state index in [2.05, 4.69) is 20.6 Å². The van der Waals surface area contributed by atoms with Gasteiger partial charge in [-0.1, -0.05) is 12.1 Å². The first-order valence-corrected chi connectivity index (χ1v) is 8.42. The molecular weight excluding hydrogens is 320 g/mol. The average Bonchev–Trinajstić information content (AvgIpc) is 2.81. The zero-order valence-corrected chi connectivity index (χ0v) is 14.9. The molecule has 0 saturated heterocycles. The second kappa shape index (κ2) is 7.92. The van der Waals surface area contributed by atoms with Crippen molar-refractivity contribution in [3.8, 4) is 11.5 Å². The van der Waals surface area contributed by atoms with Crippen LogP contribution in [-0.2, 0) is 13.1 Å². The van der Waals surface area contributed by atoms with Gasteiger partial charge in [0.25, 0.3) is 0 Å². The lowest BCUT2D eigenvalue weighted by molar-refractivity contribution is 0.296. The van der Waals surface area contributed by atoms with Gasteiger partial charge in [0, 0.05) is 25.6 Å². The van der Waals surface area contributed by atoms with E-state index in [-0.39, 0.29) is 0 Å². The highest BCUT2D eigenvalue weighted by atomic mass is 16.5. The molecule has 1 aromatic heterocycles. The molecular formula is C18H24N4O3. The largest absolute Gasteiger partial charge is 0.490 e. The minimum Gasteiger partial charge on any atom is -0.490 e. The van der Waals surface area contributed by atoms with Crippen LogP contribution in [0.5, 0.6) is 11.5 Å². The summed E-state index contributed by atoms with van der Waals surface area (Å²) in [5, 5.41) is 6.48. The number of oxazole rings is 1. The summed E-state index contributed by atoms with van der Waals surface area (Å²) in [6.45, 7) is 6.24. The molecule has 0 atom stereocenters. The molecule has 0 unspecified atom stereocenters. The number of hydrogen-bond donors (Lipinski definition) is 2. The number of rotatable bonds is 4.